The van der Waals surface area contributed by atoms with Gasteiger partial charge in [0.1, 0.15) is 0 Å². The normalized spacial score (nSPS) is 10.3. The highest BCUT2D eigenvalue weighted by Gasteiger charge is 1.99. The fraction of sp³-hybridized carbons (Fsp3) is 0.857. The van der Waals surface area contributed by atoms with E-state index in [1.807, 2.05) is 0 Å². The summed E-state index contributed by atoms with van der Waals surface area (Å²) in [6.45, 7) is 2.91. The van der Waals surface area contributed by atoms with Crippen LogP contribution in [0.15, 0.2) is 0 Å². The highest BCUT2D eigenvalue weighted by atomic mass is 16.1. The molecule has 4 nitrogen and oxygen atoms in total. The zero-order chi connectivity index (χ0) is 13.6. The minimum absolute atomic E-state index is 0.178. The van der Waals surface area contributed by atoms with E-state index in [0.717, 1.165) is 57.9 Å². The van der Waals surface area contributed by atoms with Crippen molar-refractivity contribution in [1.82, 2.24) is 5.32 Å². The Hall–Kier alpha value is -1.06. The minimum Gasteiger partial charge on any atom is -0.370 e. The van der Waals surface area contributed by atoms with Gasteiger partial charge in [-0.1, -0.05) is 39.0 Å². The average Bonchev–Trinajstić information content (AvgIpc) is 2.32. The number of primary amides is 1. The molecule has 18 heavy (non-hydrogen) atoms. The summed E-state index contributed by atoms with van der Waals surface area (Å²) in [6.07, 6.45) is 9.61. The molecular formula is C14H28N2O2. The summed E-state index contributed by atoms with van der Waals surface area (Å²) in [5.41, 5.74) is 5.05. The molecule has 0 fully saturated rings. The molecule has 106 valence electrons. The molecule has 2 amide bonds. The highest BCUT2D eigenvalue weighted by Crippen LogP contribution is 2.04. The number of hydrogen-bond donors (Lipinski definition) is 2. The van der Waals surface area contributed by atoms with Crippen molar-refractivity contribution in [1.29, 1.82) is 0 Å². The quantitative estimate of drug-likeness (QED) is 0.527. The van der Waals surface area contributed by atoms with Gasteiger partial charge in [0.2, 0.25) is 11.8 Å². The number of amides is 2. The van der Waals surface area contributed by atoms with Crippen LogP contribution in [0.2, 0.25) is 0 Å². The Morgan fingerprint density at radius 3 is 2.17 bits per heavy atom. The van der Waals surface area contributed by atoms with Gasteiger partial charge in [0.15, 0.2) is 0 Å². The van der Waals surface area contributed by atoms with Crippen LogP contribution in [-0.4, -0.2) is 18.4 Å². The Kier molecular flexibility index (Phi) is 11.7. The number of unbranched alkanes of at least 4 members (excludes halogenated alkanes) is 6. The summed E-state index contributed by atoms with van der Waals surface area (Å²) in [5, 5.41) is 2.94. The SMILES string of the molecule is CCCCCC(=O)NCCCCCCCC(N)=O. The Morgan fingerprint density at radius 2 is 1.50 bits per heavy atom. The second kappa shape index (κ2) is 12.4. The standard InChI is InChI=1S/C14H28N2O2/c1-2-3-7-11-14(18)16-12-9-6-4-5-8-10-13(15)17/h2-12H2,1H3,(H2,15,17)(H,16,18). The lowest BCUT2D eigenvalue weighted by Crippen LogP contribution is -2.23. The molecule has 0 bridgehead atoms. The molecule has 0 saturated heterocycles. The van der Waals surface area contributed by atoms with E-state index in [1.165, 1.54) is 0 Å². The Balaban J connectivity index is 3.15. The molecule has 0 saturated carbocycles. The van der Waals surface area contributed by atoms with Gasteiger partial charge in [-0.3, -0.25) is 9.59 Å². The third-order valence-electron chi connectivity index (χ3n) is 2.93. The van der Waals surface area contributed by atoms with Crippen LogP contribution < -0.4 is 11.1 Å². The van der Waals surface area contributed by atoms with E-state index in [9.17, 15) is 9.59 Å². The van der Waals surface area contributed by atoms with Crippen molar-refractivity contribution in [3.8, 4) is 0 Å². The van der Waals surface area contributed by atoms with Crippen LogP contribution in [0.3, 0.4) is 0 Å². The van der Waals surface area contributed by atoms with Gasteiger partial charge in [-0.05, 0) is 19.3 Å². The molecule has 0 aromatic rings. The van der Waals surface area contributed by atoms with E-state index in [-0.39, 0.29) is 11.8 Å². The fourth-order valence-electron chi connectivity index (χ4n) is 1.81. The van der Waals surface area contributed by atoms with Crippen molar-refractivity contribution in [3.63, 3.8) is 0 Å². The van der Waals surface area contributed by atoms with Gasteiger partial charge in [-0.2, -0.15) is 0 Å². The third-order valence-corrected chi connectivity index (χ3v) is 2.93. The Bertz CT molecular complexity index is 230. The Labute approximate surface area is 111 Å². The van der Waals surface area contributed by atoms with E-state index in [4.69, 9.17) is 5.73 Å². The molecule has 0 atom stereocenters. The van der Waals surface area contributed by atoms with Crippen LogP contribution in [0.5, 0.6) is 0 Å². The molecule has 3 N–H and O–H groups in total. The Morgan fingerprint density at radius 1 is 0.889 bits per heavy atom. The number of carbonyl (C=O) groups is 2. The van der Waals surface area contributed by atoms with Gasteiger partial charge in [-0.15, -0.1) is 0 Å². The van der Waals surface area contributed by atoms with Crippen LogP contribution in [0.1, 0.15) is 71.1 Å². The van der Waals surface area contributed by atoms with Crippen LogP contribution >= 0.6 is 0 Å². The van der Waals surface area contributed by atoms with Gasteiger partial charge in [0.05, 0.1) is 0 Å². The molecule has 0 aromatic heterocycles. The van der Waals surface area contributed by atoms with E-state index >= 15 is 0 Å². The molecule has 0 unspecified atom stereocenters. The van der Waals surface area contributed by atoms with Gasteiger partial charge in [-0.25, -0.2) is 0 Å². The molecular weight excluding hydrogens is 228 g/mol. The second-order valence-electron chi connectivity index (χ2n) is 4.79. The first-order valence-corrected chi connectivity index (χ1v) is 7.21. The lowest BCUT2D eigenvalue weighted by atomic mass is 10.1. The molecule has 0 aliphatic rings. The minimum atomic E-state index is -0.214. The maximum absolute atomic E-state index is 11.4. The van der Waals surface area contributed by atoms with Crippen molar-refractivity contribution in [2.45, 2.75) is 71.1 Å². The predicted octanol–water partition coefficient (Wildman–Crippen LogP) is 2.51. The van der Waals surface area contributed by atoms with Gasteiger partial charge >= 0.3 is 0 Å². The van der Waals surface area contributed by atoms with Crippen LogP contribution in [0, 0.1) is 0 Å². The molecule has 0 heterocycles. The first-order chi connectivity index (χ1) is 8.66. The van der Waals surface area contributed by atoms with Crippen molar-refractivity contribution in [3.05, 3.63) is 0 Å². The summed E-state index contributed by atoms with van der Waals surface area (Å²) in [6, 6.07) is 0. The van der Waals surface area contributed by atoms with Gasteiger partial charge in [0.25, 0.3) is 0 Å². The smallest absolute Gasteiger partial charge is 0.219 e. The predicted molar refractivity (Wildman–Crippen MR) is 74.0 cm³/mol. The summed E-state index contributed by atoms with van der Waals surface area (Å²) in [5.74, 6) is -0.0356. The largest absolute Gasteiger partial charge is 0.370 e. The van der Waals surface area contributed by atoms with Crippen molar-refractivity contribution >= 4 is 11.8 Å². The van der Waals surface area contributed by atoms with Gasteiger partial charge < -0.3 is 11.1 Å². The van der Waals surface area contributed by atoms with Crippen molar-refractivity contribution < 1.29 is 9.59 Å². The molecule has 0 aliphatic heterocycles. The lowest BCUT2D eigenvalue weighted by Gasteiger charge is -2.04. The molecule has 0 aromatic carbocycles. The topological polar surface area (TPSA) is 72.2 Å². The summed E-state index contributed by atoms with van der Waals surface area (Å²) >= 11 is 0. The van der Waals surface area contributed by atoms with E-state index in [2.05, 4.69) is 12.2 Å². The summed E-state index contributed by atoms with van der Waals surface area (Å²) in [4.78, 5) is 21.9. The van der Waals surface area contributed by atoms with Crippen molar-refractivity contribution in [2.75, 3.05) is 6.54 Å². The number of hydrogen-bond acceptors (Lipinski definition) is 2. The molecule has 0 aliphatic carbocycles. The van der Waals surface area contributed by atoms with E-state index < -0.39 is 0 Å². The number of nitrogens with two attached hydrogens (primary N) is 1. The molecule has 0 rings (SSSR count). The number of rotatable bonds is 12. The van der Waals surface area contributed by atoms with Crippen LogP contribution in [0.4, 0.5) is 0 Å². The van der Waals surface area contributed by atoms with E-state index in [0.29, 0.717) is 12.8 Å². The third kappa shape index (κ3) is 13.0. The zero-order valence-electron chi connectivity index (χ0n) is 11.7. The lowest BCUT2D eigenvalue weighted by molar-refractivity contribution is -0.121. The fourth-order valence-corrected chi connectivity index (χ4v) is 1.81. The molecule has 0 spiro atoms. The maximum atomic E-state index is 11.4. The molecule has 4 heteroatoms. The number of nitrogens with one attached hydrogen (secondary N) is 1. The van der Waals surface area contributed by atoms with E-state index in [1.54, 1.807) is 0 Å². The summed E-state index contributed by atoms with van der Waals surface area (Å²) in [7, 11) is 0. The maximum Gasteiger partial charge on any atom is 0.219 e. The highest BCUT2D eigenvalue weighted by molar-refractivity contribution is 5.75. The summed E-state index contributed by atoms with van der Waals surface area (Å²) < 4.78 is 0. The van der Waals surface area contributed by atoms with Gasteiger partial charge in [0, 0.05) is 19.4 Å². The number of carbonyl (C=O) groups excluding carboxylic acids is 2. The van der Waals surface area contributed by atoms with Crippen LogP contribution in [0.25, 0.3) is 0 Å². The van der Waals surface area contributed by atoms with Crippen LogP contribution in [-0.2, 0) is 9.59 Å². The molecule has 0 radical (unpaired) electrons. The monoisotopic (exact) mass is 256 g/mol. The first-order valence-electron chi connectivity index (χ1n) is 7.21. The van der Waals surface area contributed by atoms with Crippen molar-refractivity contribution in [2.24, 2.45) is 5.73 Å². The average molecular weight is 256 g/mol. The second-order valence-corrected chi connectivity index (χ2v) is 4.79. The first kappa shape index (κ1) is 16.9. The zero-order valence-corrected chi connectivity index (χ0v) is 11.7.